The minimum atomic E-state index is -0.360. The molecule has 0 saturated carbocycles. The highest BCUT2D eigenvalue weighted by Gasteiger charge is 2.21. The fourth-order valence-corrected chi connectivity index (χ4v) is 2.42. The van der Waals surface area contributed by atoms with E-state index in [0.717, 1.165) is 39.9 Å². The molecule has 21 heavy (non-hydrogen) atoms. The molecule has 0 unspecified atom stereocenters. The molecule has 2 aromatic rings. The Morgan fingerprint density at radius 1 is 1.00 bits per heavy atom. The summed E-state index contributed by atoms with van der Waals surface area (Å²) in [7, 11) is 0. The molecule has 0 aliphatic rings. The Morgan fingerprint density at radius 3 is 2.10 bits per heavy atom. The van der Waals surface area contributed by atoms with Crippen molar-refractivity contribution in [1.29, 1.82) is 0 Å². The summed E-state index contributed by atoms with van der Waals surface area (Å²) >= 11 is 0. The molecular formula is C16H20N2O3. The van der Waals surface area contributed by atoms with Gasteiger partial charge >= 0.3 is 5.97 Å². The van der Waals surface area contributed by atoms with Gasteiger partial charge in [0.2, 0.25) is 0 Å². The van der Waals surface area contributed by atoms with Crippen molar-refractivity contribution < 1.29 is 14.3 Å². The molecule has 0 atom stereocenters. The van der Waals surface area contributed by atoms with E-state index in [-0.39, 0.29) is 5.97 Å². The lowest BCUT2D eigenvalue weighted by Gasteiger charge is -2.00. The summed E-state index contributed by atoms with van der Waals surface area (Å²) in [6.07, 6.45) is 0.809. The minimum absolute atomic E-state index is 0.335. The monoisotopic (exact) mass is 288 g/mol. The van der Waals surface area contributed by atoms with Crippen molar-refractivity contribution >= 4 is 12.3 Å². The zero-order chi connectivity index (χ0) is 15.7. The Hall–Kier alpha value is -2.30. The Balaban J connectivity index is 2.58. The van der Waals surface area contributed by atoms with E-state index >= 15 is 0 Å². The molecule has 0 radical (unpaired) electrons. The molecule has 0 aliphatic carbocycles. The first-order valence-electron chi connectivity index (χ1n) is 6.93. The first-order chi connectivity index (χ1) is 9.92. The molecule has 2 aromatic heterocycles. The third-order valence-electron chi connectivity index (χ3n) is 4.01. The van der Waals surface area contributed by atoms with Gasteiger partial charge in [-0.1, -0.05) is 0 Å². The summed E-state index contributed by atoms with van der Waals surface area (Å²) in [6, 6.07) is 0. The average molecular weight is 288 g/mol. The van der Waals surface area contributed by atoms with Gasteiger partial charge in [0.1, 0.15) is 5.69 Å². The van der Waals surface area contributed by atoms with Crippen molar-refractivity contribution in [2.45, 2.75) is 34.6 Å². The van der Waals surface area contributed by atoms with Gasteiger partial charge in [0.25, 0.3) is 0 Å². The fourth-order valence-electron chi connectivity index (χ4n) is 2.42. The minimum Gasteiger partial charge on any atom is -0.461 e. The number of hydrogen-bond donors (Lipinski definition) is 2. The van der Waals surface area contributed by atoms with Crippen LogP contribution in [0.15, 0.2) is 0 Å². The molecule has 0 spiro atoms. The maximum Gasteiger partial charge on any atom is 0.355 e. The Morgan fingerprint density at radius 2 is 1.57 bits per heavy atom. The van der Waals surface area contributed by atoms with Crippen LogP contribution in [-0.4, -0.2) is 28.8 Å². The topological polar surface area (TPSA) is 75.0 Å². The van der Waals surface area contributed by atoms with Crippen LogP contribution < -0.4 is 0 Å². The number of nitrogens with one attached hydrogen (secondary N) is 2. The lowest BCUT2D eigenvalue weighted by atomic mass is 10.1. The third kappa shape index (κ3) is 2.39. The molecule has 0 amide bonds. The van der Waals surface area contributed by atoms with Crippen molar-refractivity contribution in [3.63, 3.8) is 0 Å². The van der Waals surface area contributed by atoms with Crippen molar-refractivity contribution in [3.8, 4) is 11.4 Å². The Bertz CT molecular complexity index is 708. The van der Waals surface area contributed by atoms with E-state index in [1.165, 1.54) is 0 Å². The number of ether oxygens (including phenoxy) is 1. The van der Waals surface area contributed by atoms with Gasteiger partial charge < -0.3 is 14.7 Å². The van der Waals surface area contributed by atoms with Crippen molar-refractivity contribution in [2.24, 2.45) is 0 Å². The van der Waals surface area contributed by atoms with Gasteiger partial charge in [-0.15, -0.1) is 0 Å². The number of hydrogen-bond acceptors (Lipinski definition) is 3. The van der Waals surface area contributed by atoms with Crippen LogP contribution in [0.25, 0.3) is 11.4 Å². The molecule has 112 valence electrons. The number of H-pyrrole nitrogens is 2. The second kappa shape index (κ2) is 5.60. The number of carbonyl (C=O) groups excluding carboxylic acids is 2. The normalized spacial score (nSPS) is 10.7. The van der Waals surface area contributed by atoms with E-state index in [4.69, 9.17) is 4.74 Å². The van der Waals surface area contributed by atoms with Crippen LogP contribution in [-0.2, 0) is 4.74 Å². The molecule has 2 N–H and O–H groups in total. The van der Waals surface area contributed by atoms with Crippen LogP contribution >= 0.6 is 0 Å². The summed E-state index contributed by atoms with van der Waals surface area (Å²) in [4.78, 5) is 29.3. The summed E-state index contributed by atoms with van der Waals surface area (Å²) in [5, 5.41) is 0. The van der Waals surface area contributed by atoms with E-state index in [9.17, 15) is 9.59 Å². The molecule has 0 fully saturated rings. The summed E-state index contributed by atoms with van der Waals surface area (Å²) in [6.45, 7) is 9.79. The van der Waals surface area contributed by atoms with Crippen LogP contribution in [0.1, 0.15) is 50.2 Å². The van der Waals surface area contributed by atoms with E-state index < -0.39 is 0 Å². The van der Waals surface area contributed by atoms with Gasteiger partial charge in [-0.05, 0) is 56.9 Å². The zero-order valence-electron chi connectivity index (χ0n) is 13.0. The largest absolute Gasteiger partial charge is 0.461 e. The number of aromatic amines is 2. The van der Waals surface area contributed by atoms with E-state index in [1.54, 1.807) is 6.92 Å². The van der Waals surface area contributed by atoms with Gasteiger partial charge in [-0.25, -0.2) is 4.79 Å². The molecule has 0 aromatic carbocycles. The first-order valence-corrected chi connectivity index (χ1v) is 6.93. The summed E-state index contributed by atoms with van der Waals surface area (Å²) in [5.74, 6) is -0.360. The van der Waals surface area contributed by atoms with Gasteiger partial charge in [-0.3, -0.25) is 4.79 Å². The maximum absolute atomic E-state index is 12.0. The van der Waals surface area contributed by atoms with Crippen LogP contribution in [0, 0.1) is 27.7 Å². The van der Waals surface area contributed by atoms with E-state index in [2.05, 4.69) is 9.97 Å². The van der Waals surface area contributed by atoms with Crippen molar-refractivity contribution in [3.05, 3.63) is 33.6 Å². The van der Waals surface area contributed by atoms with Gasteiger partial charge in [-0.2, -0.15) is 0 Å². The lowest BCUT2D eigenvalue weighted by molar-refractivity contribution is 0.0519. The second-order valence-corrected chi connectivity index (χ2v) is 5.13. The number of aldehydes is 1. The van der Waals surface area contributed by atoms with E-state index in [1.807, 2.05) is 27.7 Å². The van der Waals surface area contributed by atoms with Gasteiger partial charge in [0.05, 0.1) is 23.7 Å². The maximum atomic E-state index is 12.0. The van der Waals surface area contributed by atoms with Crippen LogP contribution in [0.4, 0.5) is 0 Å². The third-order valence-corrected chi connectivity index (χ3v) is 4.01. The Kier molecular flexibility index (Phi) is 4.02. The number of carbonyl (C=O) groups is 2. The quantitative estimate of drug-likeness (QED) is 0.670. The molecule has 2 rings (SSSR count). The van der Waals surface area contributed by atoms with Crippen LogP contribution in [0.5, 0.6) is 0 Å². The first kappa shape index (κ1) is 15.1. The lowest BCUT2D eigenvalue weighted by Crippen LogP contribution is -2.06. The molecule has 0 aliphatic heterocycles. The SMILES string of the molecule is CCOC(=O)c1[nH]c(-c2[nH]c(C=O)c(C)c2C)c(C)c1C. The molecule has 0 bridgehead atoms. The van der Waals surface area contributed by atoms with Crippen LogP contribution in [0.2, 0.25) is 0 Å². The highest BCUT2D eigenvalue weighted by molar-refractivity contribution is 5.92. The van der Waals surface area contributed by atoms with Crippen LogP contribution in [0.3, 0.4) is 0 Å². The molecule has 5 nitrogen and oxygen atoms in total. The standard InChI is InChI=1S/C16H20N2O3/c1-6-21-16(20)15-11(5)10(4)14(18-15)13-9(3)8(2)12(7-19)17-13/h7,17-18H,6H2,1-5H3. The fraction of sp³-hybridized carbons (Fsp3) is 0.375. The van der Waals surface area contributed by atoms with E-state index in [0.29, 0.717) is 18.0 Å². The average Bonchev–Trinajstić information content (AvgIpc) is 2.90. The predicted molar refractivity (Wildman–Crippen MR) is 80.9 cm³/mol. The highest BCUT2D eigenvalue weighted by Crippen LogP contribution is 2.31. The molecular weight excluding hydrogens is 268 g/mol. The van der Waals surface area contributed by atoms with Crippen molar-refractivity contribution in [2.75, 3.05) is 6.61 Å². The predicted octanol–water partition coefficient (Wildman–Crippen LogP) is 3.23. The number of rotatable bonds is 4. The van der Waals surface area contributed by atoms with Gasteiger partial charge in [0, 0.05) is 0 Å². The van der Waals surface area contributed by atoms with Crippen molar-refractivity contribution in [1.82, 2.24) is 9.97 Å². The summed E-state index contributed by atoms with van der Waals surface area (Å²) in [5.41, 5.74) is 6.44. The molecule has 2 heterocycles. The highest BCUT2D eigenvalue weighted by atomic mass is 16.5. The molecule has 5 heteroatoms. The zero-order valence-corrected chi connectivity index (χ0v) is 13.0. The molecule has 0 saturated heterocycles. The summed E-state index contributed by atoms with van der Waals surface area (Å²) < 4.78 is 5.06. The second-order valence-electron chi connectivity index (χ2n) is 5.13. The smallest absolute Gasteiger partial charge is 0.355 e. The Labute approximate surface area is 123 Å². The number of aromatic nitrogens is 2. The number of esters is 1. The van der Waals surface area contributed by atoms with Gasteiger partial charge in [0.15, 0.2) is 6.29 Å².